The Morgan fingerprint density at radius 3 is 3.00 bits per heavy atom. The summed E-state index contributed by atoms with van der Waals surface area (Å²) in [5, 5.41) is 8.64. The minimum Gasteiger partial charge on any atom is -0.469 e. The summed E-state index contributed by atoms with van der Waals surface area (Å²) in [6, 6.07) is 9.99. The van der Waals surface area contributed by atoms with Crippen LogP contribution in [0.25, 0.3) is 0 Å². The van der Waals surface area contributed by atoms with Crippen LogP contribution >= 0.6 is 0 Å². The molecular weight excluding hydrogens is 216 g/mol. The Hall–Kier alpha value is -2.02. The summed E-state index contributed by atoms with van der Waals surface area (Å²) in [6.07, 6.45) is 0.419. The van der Waals surface area contributed by atoms with E-state index in [1.54, 1.807) is 0 Å². The summed E-state index contributed by atoms with van der Waals surface area (Å²) in [6.45, 7) is 1.39. The third-order valence-corrected chi connectivity index (χ3v) is 2.97. The van der Waals surface area contributed by atoms with Gasteiger partial charge in [0, 0.05) is 18.8 Å². The molecule has 0 atom stereocenters. The zero-order valence-electron chi connectivity index (χ0n) is 9.72. The number of nitriles is 1. The second-order valence-corrected chi connectivity index (χ2v) is 4.13. The highest BCUT2D eigenvalue weighted by molar-refractivity contribution is 5.76. The number of carbonyl (C=O) groups is 1. The molecule has 1 aliphatic heterocycles. The van der Waals surface area contributed by atoms with Crippen molar-refractivity contribution in [2.75, 3.05) is 25.1 Å². The number of benzene rings is 1. The second kappa shape index (κ2) is 4.88. The number of methoxy groups -OCH3 is 1. The molecule has 1 heterocycles. The van der Waals surface area contributed by atoms with Gasteiger partial charge in [0.15, 0.2) is 0 Å². The maximum Gasteiger partial charge on any atom is 0.312 e. The van der Waals surface area contributed by atoms with Gasteiger partial charge in [0.05, 0.1) is 25.5 Å². The lowest BCUT2D eigenvalue weighted by Gasteiger charge is -2.39. The third-order valence-electron chi connectivity index (χ3n) is 2.97. The Labute approximate surface area is 100 Å². The minimum atomic E-state index is -0.144. The van der Waals surface area contributed by atoms with Crippen molar-refractivity contribution in [1.82, 2.24) is 0 Å². The normalized spacial score (nSPS) is 14.9. The fourth-order valence-electron chi connectivity index (χ4n) is 1.96. The summed E-state index contributed by atoms with van der Waals surface area (Å²) < 4.78 is 4.69. The van der Waals surface area contributed by atoms with Gasteiger partial charge in [-0.2, -0.15) is 5.26 Å². The van der Waals surface area contributed by atoms with E-state index >= 15 is 0 Å². The monoisotopic (exact) mass is 230 g/mol. The van der Waals surface area contributed by atoms with Gasteiger partial charge >= 0.3 is 5.97 Å². The second-order valence-electron chi connectivity index (χ2n) is 4.13. The van der Waals surface area contributed by atoms with E-state index in [4.69, 9.17) is 10.00 Å². The smallest absolute Gasteiger partial charge is 0.312 e. The zero-order valence-corrected chi connectivity index (χ0v) is 9.72. The fraction of sp³-hybridized carbons (Fsp3) is 0.385. The van der Waals surface area contributed by atoms with Gasteiger partial charge in [-0.15, -0.1) is 0 Å². The molecule has 0 N–H and O–H groups in total. The number of anilines is 1. The lowest BCUT2D eigenvalue weighted by atomic mass is 9.99. The molecule has 0 radical (unpaired) electrons. The number of hydrogen-bond acceptors (Lipinski definition) is 4. The van der Waals surface area contributed by atoms with E-state index in [1.165, 1.54) is 7.11 Å². The predicted molar refractivity (Wildman–Crippen MR) is 63.5 cm³/mol. The molecule has 0 unspecified atom stereocenters. The fourth-order valence-corrected chi connectivity index (χ4v) is 1.96. The van der Waals surface area contributed by atoms with Crippen LogP contribution < -0.4 is 4.90 Å². The number of rotatable bonds is 3. The summed E-state index contributed by atoms with van der Waals surface area (Å²) in [5.74, 6) is -0.158. The van der Waals surface area contributed by atoms with E-state index in [2.05, 4.69) is 11.0 Å². The molecule has 1 aliphatic rings. The van der Waals surface area contributed by atoms with Gasteiger partial charge in [-0.1, -0.05) is 12.1 Å². The summed E-state index contributed by atoms with van der Waals surface area (Å²) >= 11 is 0. The van der Waals surface area contributed by atoms with Gasteiger partial charge in [-0.05, 0) is 17.7 Å². The number of nitrogens with zero attached hydrogens (tertiary/aromatic N) is 2. The van der Waals surface area contributed by atoms with Crippen LogP contribution in [0.15, 0.2) is 24.3 Å². The Bertz CT molecular complexity index is 459. The molecule has 0 aliphatic carbocycles. The third kappa shape index (κ3) is 2.39. The van der Waals surface area contributed by atoms with E-state index in [9.17, 15) is 4.79 Å². The largest absolute Gasteiger partial charge is 0.469 e. The molecule has 1 fully saturated rings. The van der Waals surface area contributed by atoms with Crippen LogP contribution in [0.4, 0.5) is 5.69 Å². The SMILES string of the molecule is COC(=O)C1CN(c2cccc(CC#N)c2)C1. The summed E-state index contributed by atoms with van der Waals surface area (Å²) in [7, 11) is 1.42. The van der Waals surface area contributed by atoms with Crippen LogP contribution in [0.3, 0.4) is 0 Å². The van der Waals surface area contributed by atoms with E-state index in [0.29, 0.717) is 19.5 Å². The van der Waals surface area contributed by atoms with Crippen molar-refractivity contribution >= 4 is 11.7 Å². The molecule has 4 nitrogen and oxygen atoms in total. The molecular formula is C13H14N2O2. The molecule has 1 aromatic carbocycles. The lowest BCUT2D eigenvalue weighted by Crippen LogP contribution is -2.50. The first-order valence-electron chi connectivity index (χ1n) is 5.53. The van der Waals surface area contributed by atoms with Crippen molar-refractivity contribution in [2.24, 2.45) is 5.92 Å². The average Bonchev–Trinajstić information content (AvgIpc) is 2.28. The van der Waals surface area contributed by atoms with Gasteiger partial charge in [0.1, 0.15) is 0 Å². The van der Waals surface area contributed by atoms with E-state index in [-0.39, 0.29) is 11.9 Å². The van der Waals surface area contributed by atoms with Crippen molar-refractivity contribution in [3.63, 3.8) is 0 Å². The van der Waals surface area contributed by atoms with Crippen molar-refractivity contribution in [2.45, 2.75) is 6.42 Å². The molecule has 1 aromatic rings. The van der Waals surface area contributed by atoms with Gasteiger partial charge in [0.2, 0.25) is 0 Å². The highest BCUT2D eigenvalue weighted by Crippen LogP contribution is 2.26. The number of esters is 1. The minimum absolute atomic E-state index is 0.0142. The Morgan fingerprint density at radius 2 is 2.35 bits per heavy atom. The summed E-state index contributed by atoms with van der Waals surface area (Å²) in [4.78, 5) is 13.4. The summed E-state index contributed by atoms with van der Waals surface area (Å²) in [5.41, 5.74) is 2.07. The molecule has 1 saturated heterocycles. The van der Waals surface area contributed by atoms with Crippen LogP contribution in [0.2, 0.25) is 0 Å². The highest BCUT2D eigenvalue weighted by Gasteiger charge is 2.33. The Kier molecular flexibility index (Phi) is 3.29. The van der Waals surface area contributed by atoms with Gasteiger partial charge < -0.3 is 9.64 Å². The van der Waals surface area contributed by atoms with E-state index in [1.807, 2.05) is 24.3 Å². The molecule has 4 heteroatoms. The van der Waals surface area contributed by atoms with Crippen LogP contribution in [-0.2, 0) is 16.0 Å². The maximum atomic E-state index is 11.2. The molecule has 2 rings (SSSR count). The van der Waals surface area contributed by atoms with E-state index < -0.39 is 0 Å². The maximum absolute atomic E-state index is 11.2. The van der Waals surface area contributed by atoms with Gasteiger partial charge in [-0.25, -0.2) is 0 Å². The number of hydrogen-bond donors (Lipinski definition) is 0. The molecule has 0 aromatic heterocycles. The lowest BCUT2D eigenvalue weighted by molar-refractivity contribution is -0.146. The zero-order chi connectivity index (χ0) is 12.3. The predicted octanol–water partition coefficient (Wildman–Crippen LogP) is 1.36. The van der Waals surface area contributed by atoms with Crippen LogP contribution in [0.1, 0.15) is 5.56 Å². The van der Waals surface area contributed by atoms with Crippen LogP contribution in [0.5, 0.6) is 0 Å². The first kappa shape index (κ1) is 11.5. The highest BCUT2D eigenvalue weighted by atomic mass is 16.5. The van der Waals surface area contributed by atoms with Crippen molar-refractivity contribution in [1.29, 1.82) is 5.26 Å². The average molecular weight is 230 g/mol. The Morgan fingerprint density at radius 1 is 1.59 bits per heavy atom. The van der Waals surface area contributed by atoms with Crippen molar-refractivity contribution in [3.05, 3.63) is 29.8 Å². The molecule has 17 heavy (non-hydrogen) atoms. The standard InChI is InChI=1S/C13H14N2O2/c1-17-13(16)11-8-15(9-11)12-4-2-3-10(7-12)5-6-14/h2-4,7,11H,5,8-9H2,1H3. The number of ether oxygens (including phenoxy) is 1. The molecule has 0 spiro atoms. The molecule has 0 saturated carbocycles. The molecule has 0 bridgehead atoms. The van der Waals surface area contributed by atoms with Crippen LogP contribution in [0, 0.1) is 17.2 Å². The van der Waals surface area contributed by atoms with Crippen molar-refractivity contribution in [3.8, 4) is 6.07 Å². The quantitative estimate of drug-likeness (QED) is 0.736. The first-order valence-corrected chi connectivity index (χ1v) is 5.53. The van der Waals surface area contributed by atoms with E-state index in [0.717, 1.165) is 11.3 Å². The topological polar surface area (TPSA) is 53.3 Å². The van der Waals surface area contributed by atoms with Crippen molar-refractivity contribution < 1.29 is 9.53 Å². The molecule has 88 valence electrons. The molecule has 0 amide bonds. The first-order chi connectivity index (χ1) is 8.24. The van der Waals surface area contributed by atoms with Gasteiger partial charge in [-0.3, -0.25) is 4.79 Å². The van der Waals surface area contributed by atoms with Gasteiger partial charge in [0.25, 0.3) is 0 Å². The van der Waals surface area contributed by atoms with Crippen LogP contribution in [-0.4, -0.2) is 26.2 Å². The Balaban J connectivity index is 1.99. The number of carbonyl (C=O) groups excluding carboxylic acids is 1.